The van der Waals surface area contributed by atoms with Crippen molar-refractivity contribution in [3.63, 3.8) is 0 Å². The second kappa shape index (κ2) is 7.70. The highest BCUT2D eigenvalue weighted by atomic mass is 16.6. The number of amides is 1. The van der Waals surface area contributed by atoms with Crippen LogP contribution in [0.15, 0.2) is 0 Å². The van der Waals surface area contributed by atoms with Crippen LogP contribution in [0, 0.1) is 5.92 Å². The molecule has 0 aliphatic heterocycles. The van der Waals surface area contributed by atoms with Gasteiger partial charge in [0.25, 0.3) is 0 Å². The Balaban J connectivity index is 2.14. The molecule has 1 saturated carbocycles. The first-order valence-corrected chi connectivity index (χ1v) is 7.32. The van der Waals surface area contributed by atoms with Crippen LogP contribution in [0.1, 0.15) is 46.5 Å². The highest BCUT2D eigenvalue weighted by Gasteiger charge is 2.23. The Kier molecular flexibility index (Phi) is 6.58. The first-order valence-electron chi connectivity index (χ1n) is 7.32. The minimum atomic E-state index is -0.439. The van der Waals surface area contributed by atoms with E-state index >= 15 is 0 Å². The summed E-state index contributed by atoms with van der Waals surface area (Å²) in [5.41, 5.74) is 5.35. The summed E-state index contributed by atoms with van der Waals surface area (Å²) < 4.78 is 5.17. The normalized spacial score (nSPS) is 24.0. The van der Waals surface area contributed by atoms with Crippen LogP contribution in [0.4, 0.5) is 4.79 Å². The monoisotopic (exact) mass is 271 g/mol. The molecule has 19 heavy (non-hydrogen) atoms. The third-order valence-electron chi connectivity index (χ3n) is 3.41. The van der Waals surface area contributed by atoms with E-state index in [0.717, 1.165) is 13.1 Å². The number of hydrogen-bond acceptors (Lipinski definition) is 4. The van der Waals surface area contributed by atoms with E-state index in [1.165, 1.54) is 25.7 Å². The van der Waals surface area contributed by atoms with Gasteiger partial charge in [-0.3, -0.25) is 0 Å². The van der Waals surface area contributed by atoms with Crippen LogP contribution in [-0.2, 0) is 4.74 Å². The molecule has 0 heterocycles. The molecule has 2 atom stereocenters. The number of rotatable bonds is 5. The second-order valence-corrected chi connectivity index (χ2v) is 6.27. The third-order valence-corrected chi connectivity index (χ3v) is 3.41. The van der Waals surface area contributed by atoms with E-state index < -0.39 is 5.60 Å². The summed E-state index contributed by atoms with van der Waals surface area (Å²) in [7, 11) is 0. The van der Waals surface area contributed by atoms with Gasteiger partial charge in [-0.2, -0.15) is 0 Å². The van der Waals surface area contributed by atoms with Gasteiger partial charge in [-0.05, 0) is 46.1 Å². The molecule has 1 amide bonds. The molecule has 4 N–H and O–H groups in total. The molecule has 112 valence electrons. The smallest absolute Gasteiger partial charge is 0.407 e. The molecule has 1 fully saturated rings. The Morgan fingerprint density at radius 2 is 1.95 bits per heavy atom. The standard InChI is InChI=1S/C14H29N3O2/c1-14(2,3)19-13(18)17-9-8-16-12-7-5-4-6-11(12)10-15/h11-12,16H,4-10,15H2,1-3H3,(H,17,18). The quantitative estimate of drug-likeness (QED) is 0.664. The number of hydrogen-bond donors (Lipinski definition) is 3. The number of nitrogens with two attached hydrogens (primary N) is 1. The van der Waals surface area contributed by atoms with Gasteiger partial charge in [0, 0.05) is 19.1 Å². The van der Waals surface area contributed by atoms with Crippen LogP contribution in [0.2, 0.25) is 0 Å². The maximum Gasteiger partial charge on any atom is 0.407 e. The van der Waals surface area contributed by atoms with Crippen LogP contribution in [-0.4, -0.2) is 37.4 Å². The Hall–Kier alpha value is -0.810. The number of alkyl carbamates (subject to hydrolysis) is 1. The highest BCUT2D eigenvalue weighted by Crippen LogP contribution is 2.23. The largest absolute Gasteiger partial charge is 0.444 e. The lowest BCUT2D eigenvalue weighted by Crippen LogP contribution is -2.45. The lowest BCUT2D eigenvalue weighted by Gasteiger charge is -2.31. The summed E-state index contributed by atoms with van der Waals surface area (Å²) in [5.74, 6) is 0.579. The van der Waals surface area contributed by atoms with E-state index in [1.54, 1.807) is 0 Å². The molecule has 0 aromatic carbocycles. The minimum Gasteiger partial charge on any atom is -0.444 e. The van der Waals surface area contributed by atoms with Gasteiger partial charge in [0.15, 0.2) is 0 Å². The molecule has 0 aromatic rings. The fraction of sp³-hybridized carbons (Fsp3) is 0.929. The molecule has 5 heteroatoms. The van der Waals surface area contributed by atoms with Gasteiger partial charge >= 0.3 is 6.09 Å². The minimum absolute atomic E-state index is 0.353. The zero-order chi connectivity index (χ0) is 14.3. The zero-order valence-electron chi connectivity index (χ0n) is 12.5. The van der Waals surface area contributed by atoms with Crippen molar-refractivity contribution >= 4 is 6.09 Å². The lowest BCUT2D eigenvalue weighted by molar-refractivity contribution is 0.0527. The van der Waals surface area contributed by atoms with Crippen LogP contribution >= 0.6 is 0 Å². The molecule has 0 bridgehead atoms. The summed E-state index contributed by atoms with van der Waals surface area (Å²) in [5, 5.41) is 6.25. The van der Waals surface area contributed by atoms with Crippen molar-refractivity contribution in [2.45, 2.75) is 58.1 Å². The van der Waals surface area contributed by atoms with E-state index in [9.17, 15) is 4.79 Å². The molecule has 0 radical (unpaired) electrons. The maximum absolute atomic E-state index is 11.4. The first kappa shape index (κ1) is 16.2. The fourth-order valence-electron chi connectivity index (χ4n) is 2.49. The highest BCUT2D eigenvalue weighted by molar-refractivity contribution is 5.67. The predicted octanol–water partition coefficient (Wildman–Crippen LogP) is 1.62. The number of ether oxygens (including phenoxy) is 1. The number of carbonyl (C=O) groups is 1. The van der Waals surface area contributed by atoms with Crippen molar-refractivity contribution < 1.29 is 9.53 Å². The molecular formula is C14H29N3O2. The molecule has 0 saturated heterocycles. The van der Waals surface area contributed by atoms with E-state index in [4.69, 9.17) is 10.5 Å². The maximum atomic E-state index is 11.4. The molecule has 1 aliphatic rings. The molecule has 1 rings (SSSR count). The average Bonchev–Trinajstić information content (AvgIpc) is 2.33. The van der Waals surface area contributed by atoms with Crippen molar-refractivity contribution in [1.29, 1.82) is 0 Å². The van der Waals surface area contributed by atoms with Crippen LogP contribution < -0.4 is 16.4 Å². The molecule has 5 nitrogen and oxygen atoms in total. The third kappa shape index (κ3) is 6.78. The van der Waals surface area contributed by atoms with Crippen molar-refractivity contribution in [2.75, 3.05) is 19.6 Å². The summed E-state index contributed by atoms with van der Waals surface area (Å²) in [6.07, 6.45) is 4.61. The lowest BCUT2D eigenvalue weighted by atomic mass is 9.84. The zero-order valence-corrected chi connectivity index (χ0v) is 12.5. The van der Waals surface area contributed by atoms with Gasteiger partial charge in [-0.1, -0.05) is 12.8 Å². The second-order valence-electron chi connectivity index (χ2n) is 6.27. The van der Waals surface area contributed by atoms with Crippen molar-refractivity contribution in [1.82, 2.24) is 10.6 Å². The van der Waals surface area contributed by atoms with Crippen LogP contribution in [0.5, 0.6) is 0 Å². The fourth-order valence-corrected chi connectivity index (χ4v) is 2.49. The van der Waals surface area contributed by atoms with Gasteiger partial charge in [0.2, 0.25) is 0 Å². The van der Waals surface area contributed by atoms with Crippen molar-refractivity contribution in [3.05, 3.63) is 0 Å². The van der Waals surface area contributed by atoms with Gasteiger partial charge in [-0.25, -0.2) is 4.79 Å². The first-order chi connectivity index (χ1) is 8.92. The Labute approximate surface area is 116 Å². The summed E-state index contributed by atoms with van der Waals surface area (Å²) in [4.78, 5) is 11.4. The van der Waals surface area contributed by atoms with Crippen LogP contribution in [0.3, 0.4) is 0 Å². The van der Waals surface area contributed by atoms with Gasteiger partial charge < -0.3 is 21.1 Å². The molecule has 0 aromatic heterocycles. The molecule has 1 aliphatic carbocycles. The summed E-state index contributed by atoms with van der Waals surface area (Å²) >= 11 is 0. The Bertz CT molecular complexity index is 276. The predicted molar refractivity (Wildman–Crippen MR) is 77.0 cm³/mol. The van der Waals surface area contributed by atoms with E-state index in [-0.39, 0.29) is 6.09 Å². The van der Waals surface area contributed by atoms with E-state index in [1.807, 2.05) is 20.8 Å². The van der Waals surface area contributed by atoms with Crippen molar-refractivity contribution in [2.24, 2.45) is 11.7 Å². The molecule has 2 unspecified atom stereocenters. The van der Waals surface area contributed by atoms with Crippen molar-refractivity contribution in [3.8, 4) is 0 Å². The summed E-state index contributed by atoms with van der Waals surface area (Å²) in [6, 6.07) is 0.499. The van der Waals surface area contributed by atoms with Gasteiger partial charge in [0.05, 0.1) is 0 Å². The Morgan fingerprint density at radius 1 is 1.26 bits per heavy atom. The molecule has 0 spiro atoms. The number of carbonyl (C=O) groups excluding carboxylic acids is 1. The van der Waals surface area contributed by atoms with Crippen LogP contribution in [0.25, 0.3) is 0 Å². The number of nitrogens with one attached hydrogen (secondary N) is 2. The molecular weight excluding hydrogens is 242 g/mol. The average molecular weight is 271 g/mol. The Morgan fingerprint density at radius 3 is 2.58 bits per heavy atom. The van der Waals surface area contributed by atoms with Gasteiger partial charge in [-0.15, -0.1) is 0 Å². The van der Waals surface area contributed by atoms with E-state index in [0.29, 0.717) is 18.5 Å². The van der Waals surface area contributed by atoms with Gasteiger partial charge in [0.1, 0.15) is 5.60 Å². The summed E-state index contributed by atoms with van der Waals surface area (Å²) in [6.45, 7) is 7.68. The SMILES string of the molecule is CC(C)(C)OC(=O)NCCNC1CCCCC1CN. The van der Waals surface area contributed by atoms with E-state index in [2.05, 4.69) is 10.6 Å². The topological polar surface area (TPSA) is 76.4 Å².